The van der Waals surface area contributed by atoms with E-state index in [1.807, 2.05) is 12.1 Å². The van der Waals surface area contributed by atoms with Crippen molar-refractivity contribution in [3.63, 3.8) is 0 Å². The SMILES string of the molecule is CCOC(=O)c1ccc(N(Cc2ccncc2)C(=S)NC(=O)c2cc(Br)cc(Br)c2OC)cc1. The van der Waals surface area contributed by atoms with Crippen LogP contribution >= 0.6 is 44.1 Å². The topological polar surface area (TPSA) is 80.8 Å². The van der Waals surface area contributed by atoms with Crippen molar-refractivity contribution in [2.75, 3.05) is 18.6 Å². The predicted molar refractivity (Wildman–Crippen MR) is 141 cm³/mol. The number of ether oxygens (including phenoxy) is 2. The minimum Gasteiger partial charge on any atom is -0.495 e. The van der Waals surface area contributed by atoms with Gasteiger partial charge in [0.1, 0.15) is 5.75 Å². The average Bonchev–Trinajstić information content (AvgIpc) is 2.83. The Hall–Kier alpha value is -2.82. The van der Waals surface area contributed by atoms with E-state index in [2.05, 4.69) is 42.2 Å². The minimum atomic E-state index is -0.424. The van der Waals surface area contributed by atoms with Crippen molar-refractivity contribution in [3.8, 4) is 5.75 Å². The molecule has 176 valence electrons. The van der Waals surface area contributed by atoms with Gasteiger partial charge in [-0.1, -0.05) is 15.9 Å². The van der Waals surface area contributed by atoms with Gasteiger partial charge in [-0.15, -0.1) is 0 Å². The van der Waals surface area contributed by atoms with Crippen LogP contribution in [0, 0.1) is 0 Å². The Morgan fingerprint density at radius 3 is 2.38 bits per heavy atom. The summed E-state index contributed by atoms with van der Waals surface area (Å²) in [4.78, 5) is 31.0. The quantitative estimate of drug-likeness (QED) is 0.280. The predicted octanol–water partition coefficient (Wildman–Crippen LogP) is 5.51. The van der Waals surface area contributed by atoms with Crippen LogP contribution in [0.5, 0.6) is 5.75 Å². The average molecular weight is 607 g/mol. The molecule has 1 amide bonds. The second-order valence-electron chi connectivity index (χ2n) is 6.94. The third-order valence-electron chi connectivity index (χ3n) is 4.70. The van der Waals surface area contributed by atoms with Crippen molar-refractivity contribution in [2.45, 2.75) is 13.5 Å². The van der Waals surface area contributed by atoms with Crippen molar-refractivity contribution < 1.29 is 19.1 Å². The molecule has 0 aliphatic carbocycles. The number of esters is 1. The van der Waals surface area contributed by atoms with Crippen molar-refractivity contribution in [2.24, 2.45) is 0 Å². The first-order valence-corrected chi connectivity index (χ1v) is 12.2. The van der Waals surface area contributed by atoms with E-state index in [9.17, 15) is 9.59 Å². The summed E-state index contributed by atoms with van der Waals surface area (Å²) in [5.41, 5.74) is 2.36. The highest BCUT2D eigenvalue weighted by atomic mass is 79.9. The normalized spacial score (nSPS) is 10.4. The van der Waals surface area contributed by atoms with Crippen LogP contribution in [0.4, 0.5) is 5.69 Å². The summed E-state index contributed by atoms with van der Waals surface area (Å²) in [6, 6.07) is 14.0. The maximum atomic E-state index is 13.1. The van der Waals surface area contributed by atoms with Crippen LogP contribution in [-0.2, 0) is 11.3 Å². The first kappa shape index (κ1) is 25.8. The Labute approximate surface area is 219 Å². The molecule has 0 aliphatic rings. The Morgan fingerprint density at radius 2 is 1.76 bits per heavy atom. The van der Waals surface area contributed by atoms with Gasteiger partial charge in [-0.2, -0.15) is 0 Å². The lowest BCUT2D eigenvalue weighted by molar-refractivity contribution is 0.0526. The number of nitrogens with one attached hydrogen (secondary N) is 1. The van der Waals surface area contributed by atoms with Crippen LogP contribution < -0.4 is 15.0 Å². The van der Waals surface area contributed by atoms with Gasteiger partial charge in [0.25, 0.3) is 5.91 Å². The van der Waals surface area contributed by atoms with Gasteiger partial charge < -0.3 is 14.4 Å². The Kier molecular flexibility index (Phi) is 9.14. The Balaban J connectivity index is 1.90. The molecule has 0 atom stereocenters. The van der Waals surface area contributed by atoms with Gasteiger partial charge in [-0.3, -0.25) is 15.1 Å². The van der Waals surface area contributed by atoms with Crippen LogP contribution in [-0.4, -0.2) is 35.7 Å². The third kappa shape index (κ3) is 6.40. The van der Waals surface area contributed by atoms with E-state index in [1.165, 1.54) is 7.11 Å². The van der Waals surface area contributed by atoms with Crippen molar-refractivity contribution in [1.82, 2.24) is 10.3 Å². The second kappa shape index (κ2) is 12.0. The monoisotopic (exact) mass is 605 g/mol. The number of thiocarbonyl (C=S) groups is 1. The molecule has 10 heteroatoms. The summed E-state index contributed by atoms with van der Waals surface area (Å²) in [5, 5.41) is 2.98. The lowest BCUT2D eigenvalue weighted by Crippen LogP contribution is -2.42. The molecule has 1 N–H and O–H groups in total. The molecule has 1 heterocycles. The zero-order valence-corrected chi connectivity index (χ0v) is 22.4. The van der Waals surface area contributed by atoms with Crippen LogP contribution in [0.15, 0.2) is 69.9 Å². The van der Waals surface area contributed by atoms with Gasteiger partial charge in [-0.25, -0.2) is 4.79 Å². The van der Waals surface area contributed by atoms with E-state index < -0.39 is 11.9 Å². The Bertz CT molecular complexity index is 1190. The molecule has 0 fully saturated rings. The maximum absolute atomic E-state index is 13.1. The van der Waals surface area contributed by atoms with Gasteiger partial charge >= 0.3 is 5.97 Å². The van der Waals surface area contributed by atoms with Crippen LogP contribution in [0.25, 0.3) is 0 Å². The number of carbonyl (C=O) groups is 2. The third-order valence-corrected chi connectivity index (χ3v) is 6.07. The van der Waals surface area contributed by atoms with Gasteiger partial charge in [0.05, 0.1) is 35.9 Å². The number of anilines is 1. The fraction of sp³-hybridized carbons (Fsp3) is 0.167. The second-order valence-corrected chi connectivity index (χ2v) is 9.09. The van der Waals surface area contributed by atoms with Crippen molar-refractivity contribution in [3.05, 3.63) is 86.6 Å². The molecule has 34 heavy (non-hydrogen) atoms. The number of hydrogen-bond acceptors (Lipinski definition) is 6. The molecule has 0 radical (unpaired) electrons. The number of halogens is 2. The summed E-state index contributed by atoms with van der Waals surface area (Å²) in [6.45, 7) is 2.42. The molecule has 0 unspecified atom stereocenters. The summed E-state index contributed by atoms with van der Waals surface area (Å²) in [7, 11) is 1.49. The number of carbonyl (C=O) groups excluding carboxylic acids is 2. The first-order valence-electron chi connectivity index (χ1n) is 10.2. The van der Waals surface area contributed by atoms with Gasteiger partial charge in [-0.05, 0) is 89.2 Å². The van der Waals surface area contributed by atoms with E-state index in [1.54, 1.807) is 60.6 Å². The number of amides is 1. The number of pyridine rings is 1. The van der Waals surface area contributed by atoms with E-state index in [0.29, 0.717) is 44.7 Å². The van der Waals surface area contributed by atoms with Gasteiger partial charge in [0.2, 0.25) is 0 Å². The highest BCUT2D eigenvalue weighted by molar-refractivity contribution is 9.11. The molecule has 3 aromatic rings. The number of hydrogen-bond donors (Lipinski definition) is 1. The van der Waals surface area contributed by atoms with Crippen LogP contribution in [0.1, 0.15) is 33.2 Å². The fourth-order valence-electron chi connectivity index (χ4n) is 3.11. The molecule has 0 bridgehead atoms. The molecule has 0 spiro atoms. The number of methoxy groups -OCH3 is 1. The van der Waals surface area contributed by atoms with Gasteiger partial charge in [0.15, 0.2) is 5.11 Å². The minimum absolute atomic E-state index is 0.184. The highest BCUT2D eigenvalue weighted by Gasteiger charge is 2.21. The molecule has 1 aromatic heterocycles. The number of benzene rings is 2. The van der Waals surface area contributed by atoms with E-state index in [-0.39, 0.29) is 5.11 Å². The zero-order chi connectivity index (χ0) is 24.7. The van der Waals surface area contributed by atoms with E-state index in [4.69, 9.17) is 21.7 Å². The van der Waals surface area contributed by atoms with Crippen molar-refractivity contribution in [1.29, 1.82) is 0 Å². The molecule has 0 saturated carbocycles. The summed E-state index contributed by atoms with van der Waals surface area (Å²) < 4.78 is 11.8. The maximum Gasteiger partial charge on any atom is 0.338 e. The van der Waals surface area contributed by atoms with E-state index >= 15 is 0 Å². The molecule has 7 nitrogen and oxygen atoms in total. The highest BCUT2D eigenvalue weighted by Crippen LogP contribution is 2.32. The van der Waals surface area contributed by atoms with Crippen LogP contribution in [0.3, 0.4) is 0 Å². The molecule has 0 aliphatic heterocycles. The summed E-state index contributed by atoms with van der Waals surface area (Å²) in [6.07, 6.45) is 3.37. The van der Waals surface area contributed by atoms with Crippen LogP contribution in [0.2, 0.25) is 0 Å². The summed E-state index contributed by atoms with van der Waals surface area (Å²) in [5.74, 6) is -0.437. The largest absolute Gasteiger partial charge is 0.495 e. The molecule has 0 saturated heterocycles. The molecule has 3 rings (SSSR count). The lowest BCUT2D eigenvalue weighted by Gasteiger charge is -2.26. The molecular weight excluding hydrogens is 586 g/mol. The zero-order valence-electron chi connectivity index (χ0n) is 18.4. The number of nitrogens with zero attached hydrogens (tertiary/aromatic N) is 2. The van der Waals surface area contributed by atoms with Gasteiger partial charge in [0, 0.05) is 22.6 Å². The Morgan fingerprint density at radius 1 is 1.09 bits per heavy atom. The number of rotatable bonds is 7. The van der Waals surface area contributed by atoms with E-state index in [0.717, 1.165) is 5.56 Å². The molecule has 2 aromatic carbocycles. The molecular formula is C24H21Br2N3O4S. The first-order chi connectivity index (χ1) is 16.3. The standard InChI is InChI=1S/C24H21Br2N3O4S/c1-3-33-23(31)16-4-6-18(7-5-16)29(14-15-8-10-27-11-9-15)24(34)28-22(30)19-12-17(25)13-20(26)21(19)32-2/h4-13H,3,14H2,1-2H3,(H,28,30,34). The number of aromatic nitrogens is 1. The summed E-state index contributed by atoms with van der Waals surface area (Å²) >= 11 is 12.4. The fourth-order valence-corrected chi connectivity index (χ4v) is 4.76. The smallest absolute Gasteiger partial charge is 0.338 e. The lowest BCUT2D eigenvalue weighted by atomic mass is 10.1. The van der Waals surface area contributed by atoms with Crippen molar-refractivity contribution >= 4 is 66.8 Å².